The number of benzene rings is 1. The van der Waals surface area contributed by atoms with Gasteiger partial charge in [0.25, 0.3) is 0 Å². The molecule has 0 spiro atoms. The largest absolute Gasteiger partial charge is 0.417 e. The molecule has 0 radical (unpaired) electrons. The minimum absolute atomic E-state index is 0.168. The van der Waals surface area contributed by atoms with Crippen LogP contribution in [0.5, 0.6) is 0 Å². The van der Waals surface area contributed by atoms with E-state index in [1.54, 1.807) is 11.8 Å². The van der Waals surface area contributed by atoms with Crippen LogP contribution in [0.2, 0.25) is 5.02 Å². The molecule has 0 bridgehead atoms. The maximum Gasteiger partial charge on any atom is 0.417 e. The topological polar surface area (TPSA) is 55.6 Å². The molecule has 2 N–H and O–H groups in total. The van der Waals surface area contributed by atoms with Gasteiger partial charge in [-0.1, -0.05) is 17.7 Å². The van der Waals surface area contributed by atoms with Gasteiger partial charge in [0.1, 0.15) is 6.04 Å². The molecule has 0 unspecified atom stereocenters. The Morgan fingerprint density at radius 1 is 1.50 bits per heavy atom. The Hall–Kier alpha value is -1.31. The van der Waals surface area contributed by atoms with Gasteiger partial charge in [-0.2, -0.15) is 13.2 Å². The quantitative estimate of drug-likeness (QED) is 0.922. The average molecular weight is 337 g/mol. The number of ether oxygens (including phenoxy) is 1. The van der Waals surface area contributed by atoms with Crippen LogP contribution in [-0.2, 0) is 22.3 Å². The number of hydrogen-bond acceptors (Lipinski definition) is 3. The fraction of sp³-hybridized carbons (Fsp3) is 0.500. The molecule has 1 aliphatic heterocycles. The van der Waals surface area contributed by atoms with E-state index in [9.17, 15) is 18.0 Å². The molecule has 22 heavy (non-hydrogen) atoms. The first-order valence-electron chi connectivity index (χ1n) is 6.70. The molecule has 1 saturated heterocycles. The van der Waals surface area contributed by atoms with E-state index >= 15 is 0 Å². The summed E-state index contributed by atoms with van der Waals surface area (Å²) in [5, 5.41) is -0.349. The first-order chi connectivity index (χ1) is 10.2. The fourth-order valence-electron chi connectivity index (χ4n) is 2.59. The minimum atomic E-state index is -4.52. The Labute approximate surface area is 131 Å². The molecule has 1 heterocycles. The van der Waals surface area contributed by atoms with Crippen molar-refractivity contribution in [3.63, 3.8) is 0 Å². The van der Waals surface area contributed by atoms with Gasteiger partial charge in [-0.25, -0.2) is 0 Å². The fourth-order valence-corrected chi connectivity index (χ4v) is 2.82. The van der Waals surface area contributed by atoms with Gasteiger partial charge in [-0.05, 0) is 24.6 Å². The number of nitrogens with two attached hydrogens (primary N) is 1. The summed E-state index contributed by atoms with van der Waals surface area (Å²) in [6.45, 7) is 2.69. The molecule has 0 saturated carbocycles. The molecular weight excluding hydrogens is 321 g/mol. The van der Waals surface area contributed by atoms with Gasteiger partial charge in [-0.3, -0.25) is 9.69 Å². The van der Waals surface area contributed by atoms with Gasteiger partial charge in [0.15, 0.2) is 0 Å². The van der Waals surface area contributed by atoms with Gasteiger partial charge < -0.3 is 10.5 Å². The van der Waals surface area contributed by atoms with Crippen molar-refractivity contribution in [3.05, 3.63) is 34.3 Å². The van der Waals surface area contributed by atoms with Crippen LogP contribution in [0, 0.1) is 0 Å². The molecule has 4 nitrogen and oxygen atoms in total. The van der Waals surface area contributed by atoms with Crippen LogP contribution in [0.25, 0.3) is 0 Å². The number of nitrogens with zero attached hydrogens (tertiary/aromatic N) is 1. The summed E-state index contributed by atoms with van der Waals surface area (Å²) in [6.07, 6.45) is -4.92. The van der Waals surface area contributed by atoms with Crippen molar-refractivity contribution in [1.29, 1.82) is 0 Å². The van der Waals surface area contributed by atoms with Crippen LogP contribution in [0.3, 0.4) is 0 Å². The molecule has 2 rings (SSSR count). The van der Waals surface area contributed by atoms with Crippen LogP contribution in [0.15, 0.2) is 18.2 Å². The standard InChI is InChI=1S/C14H16ClF3N2O2/c1-8-12(13(19)21)20(4-5-22-8)7-9-2-3-11(15)10(6-9)14(16,17)18/h2-3,6,8,12H,4-5,7H2,1H3,(H2,19,21)/t8-,12+/m1/s1. The second-order valence-corrected chi connectivity index (χ2v) is 5.61. The van der Waals surface area contributed by atoms with Gasteiger partial charge in [0, 0.05) is 13.1 Å². The molecule has 122 valence electrons. The lowest BCUT2D eigenvalue weighted by atomic mass is 10.1. The van der Waals surface area contributed by atoms with Gasteiger partial charge in [0.2, 0.25) is 5.91 Å². The van der Waals surface area contributed by atoms with Crippen molar-refractivity contribution in [2.75, 3.05) is 13.2 Å². The summed E-state index contributed by atoms with van der Waals surface area (Å²) >= 11 is 5.60. The van der Waals surface area contributed by atoms with Crippen molar-refractivity contribution in [2.45, 2.75) is 31.8 Å². The number of halogens is 4. The van der Waals surface area contributed by atoms with E-state index in [2.05, 4.69) is 0 Å². The van der Waals surface area contributed by atoms with Crippen molar-refractivity contribution >= 4 is 17.5 Å². The van der Waals surface area contributed by atoms with Gasteiger partial charge >= 0.3 is 6.18 Å². The van der Waals surface area contributed by atoms with Crippen LogP contribution >= 0.6 is 11.6 Å². The predicted molar refractivity (Wildman–Crippen MR) is 75.3 cm³/mol. The molecule has 2 atom stereocenters. The lowest BCUT2D eigenvalue weighted by molar-refractivity contribution is -0.138. The summed E-state index contributed by atoms with van der Waals surface area (Å²) in [4.78, 5) is 13.3. The zero-order valence-corrected chi connectivity index (χ0v) is 12.6. The second kappa shape index (κ2) is 6.44. The third-order valence-electron chi connectivity index (χ3n) is 3.61. The Morgan fingerprint density at radius 2 is 2.18 bits per heavy atom. The summed E-state index contributed by atoms with van der Waals surface area (Å²) in [5.74, 6) is -0.558. The number of carbonyl (C=O) groups excluding carboxylic acids is 1. The highest BCUT2D eigenvalue weighted by atomic mass is 35.5. The van der Waals surface area contributed by atoms with Crippen LogP contribution in [0.1, 0.15) is 18.1 Å². The van der Waals surface area contributed by atoms with E-state index < -0.39 is 29.8 Å². The third kappa shape index (κ3) is 3.71. The van der Waals surface area contributed by atoms with E-state index in [4.69, 9.17) is 22.1 Å². The Balaban J connectivity index is 2.24. The maximum atomic E-state index is 12.9. The Kier molecular flexibility index (Phi) is 4.99. The van der Waals surface area contributed by atoms with Crippen molar-refractivity contribution < 1.29 is 22.7 Å². The highest BCUT2D eigenvalue weighted by Gasteiger charge is 2.35. The number of alkyl halides is 3. The first-order valence-corrected chi connectivity index (χ1v) is 7.08. The lowest BCUT2D eigenvalue weighted by Crippen LogP contribution is -2.56. The van der Waals surface area contributed by atoms with Gasteiger partial charge in [-0.15, -0.1) is 0 Å². The lowest BCUT2D eigenvalue weighted by Gasteiger charge is -2.38. The zero-order valence-electron chi connectivity index (χ0n) is 11.9. The molecule has 0 aromatic heterocycles. The number of morpholine rings is 1. The number of hydrogen-bond donors (Lipinski definition) is 1. The van der Waals surface area contributed by atoms with E-state index in [1.165, 1.54) is 12.1 Å². The highest BCUT2D eigenvalue weighted by molar-refractivity contribution is 6.31. The number of rotatable bonds is 3. The van der Waals surface area contributed by atoms with Crippen LogP contribution < -0.4 is 5.73 Å². The maximum absolute atomic E-state index is 12.9. The van der Waals surface area contributed by atoms with Crippen molar-refractivity contribution in [1.82, 2.24) is 4.90 Å². The number of primary amides is 1. The number of carbonyl (C=O) groups is 1. The Bertz CT molecular complexity index is 566. The third-order valence-corrected chi connectivity index (χ3v) is 3.94. The molecular formula is C14H16ClF3N2O2. The average Bonchev–Trinajstić information content (AvgIpc) is 2.39. The SMILES string of the molecule is C[C@H]1OCCN(Cc2ccc(Cl)c(C(F)(F)F)c2)[C@@H]1C(N)=O. The normalized spacial score (nSPS) is 23.5. The van der Waals surface area contributed by atoms with E-state index in [1.807, 2.05) is 0 Å². The highest BCUT2D eigenvalue weighted by Crippen LogP contribution is 2.35. The Morgan fingerprint density at radius 3 is 2.77 bits per heavy atom. The first kappa shape index (κ1) is 17.1. The molecule has 1 amide bonds. The number of amides is 1. The van der Waals surface area contributed by atoms with Crippen LogP contribution in [-0.4, -0.2) is 36.1 Å². The minimum Gasteiger partial charge on any atom is -0.375 e. The molecule has 1 aliphatic rings. The molecule has 8 heteroatoms. The van der Waals surface area contributed by atoms with Crippen molar-refractivity contribution in [3.8, 4) is 0 Å². The van der Waals surface area contributed by atoms with Crippen LogP contribution in [0.4, 0.5) is 13.2 Å². The van der Waals surface area contributed by atoms with E-state index in [0.717, 1.165) is 6.07 Å². The molecule has 1 fully saturated rings. The predicted octanol–water partition coefficient (Wildman–Crippen LogP) is 2.43. The zero-order chi connectivity index (χ0) is 16.5. The van der Waals surface area contributed by atoms with Gasteiger partial charge in [0.05, 0.1) is 23.3 Å². The molecule has 1 aromatic carbocycles. The van der Waals surface area contributed by atoms with E-state index in [0.29, 0.717) is 18.7 Å². The van der Waals surface area contributed by atoms with Crippen molar-refractivity contribution in [2.24, 2.45) is 5.73 Å². The summed E-state index contributed by atoms with van der Waals surface area (Å²) in [6, 6.07) is 3.05. The summed E-state index contributed by atoms with van der Waals surface area (Å²) < 4.78 is 44.0. The monoisotopic (exact) mass is 336 g/mol. The molecule has 0 aliphatic carbocycles. The summed E-state index contributed by atoms with van der Waals surface area (Å²) in [7, 11) is 0. The summed E-state index contributed by atoms with van der Waals surface area (Å²) in [5.41, 5.74) is 4.89. The smallest absolute Gasteiger partial charge is 0.375 e. The molecule has 1 aromatic rings. The van der Waals surface area contributed by atoms with E-state index in [-0.39, 0.29) is 11.6 Å². The second-order valence-electron chi connectivity index (χ2n) is 5.21.